The van der Waals surface area contributed by atoms with Gasteiger partial charge in [0.05, 0.1) is 11.1 Å². The molecule has 1 aliphatic rings. The first-order chi connectivity index (χ1) is 22.2. The molecule has 0 atom stereocenters. The molecule has 4 aromatic carbocycles. The highest BCUT2D eigenvalue weighted by Gasteiger charge is 2.26. The molecule has 0 spiro atoms. The average Bonchev–Trinajstić information content (AvgIpc) is 3.09. The largest absolute Gasteiger partial charge is 0.507 e. The number of carbonyl (C=O) groups excluding carboxylic acids is 3. The molecule has 0 unspecified atom stereocenters. The lowest BCUT2D eigenvalue weighted by atomic mass is 9.75. The van der Waals surface area contributed by atoms with E-state index >= 15 is 0 Å². The van der Waals surface area contributed by atoms with Gasteiger partial charge in [0.2, 0.25) is 0 Å². The fourth-order valence-electron chi connectivity index (χ4n) is 5.61. The van der Waals surface area contributed by atoms with E-state index in [9.17, 15) is 19.5 Å². The minimum atomic E-state index is -0.337. The molecule has 46 heavy (non-hydrogen) atoms. The molecule has 4 aromatic rings. The highest BCUT2D eigenvalue weighted by Crippen LogP contribution is 2.39. The first kappa shape index (κ1) is 31.8. The second-order valence-corrected chi connectivity index (χ2v) is 12.1. The molecule has 0 amide bonds. The van der Waals surface area contributed by atoms with Gasteiger partial charge >= 0.3 is 0 Å². The number of allylic oxidation sites excluding steroid dienone is 9. The van der Waals surface area contributed by atoms with Gasteiger partial charge in [0.1, 0.15) is 5.76 Å². The van der Waals surface area contributed by atoms with Gasteiger partial charge in [0.15, 0.2) is 17.3 Å². The molecule has 0 aliphatic heterocycles. The third kappa shape index (κ3) is 7.91. The number of benzene rings is 4. The van der Waals surface area contributed by atoms with Crippen LogP contribution in [0.4, 0.5) is 0 Å². The van der Waals surface area contributed by atoms with Crippen molar-refractivity contribution in [2.45, 2.75) is 26.7 Å². The minimum absolute atomic E-state index is 0.0882. The molecule has 0 heterocycles. The van der Waals surface area contributed by atoms with Crippen molar-refractivity contribution in [1.29, 1.82) is 0 Å². The SMILES string of the molecule is CC1(C)CC(/C=C/C(C(=O)c2ccccc2)=C(\O)c2ccccc2)=CC(=C/C=C(C(=O)c2ccccc2)C(=O)c2ccccc2)/C1. The second-order valence-electron chi connectivity index (χ2n) is 12.1. The van der Waals surface area contributed by atoms with Gasteiger partial charge < -0.3 is 5.11 Å². The van der Waals surface area contributed by atoms with E-state index < -0.39 is 0 Å². The third-order valence-corrected chi connectivity index (χ3v) is 7.81. The maximum atomic E-state index is 13.6. The van der Waals surface area contributed by atoms with E-state index in [-0.39, 0.29) is 39.7 Å². The molecule has 228 valence electrons. The topological polar surface area (TPSA) is 71.4 Å². The Hall–Kier alpha value is -5.61. The zero-order valence-corrected chi connectivity index (χ0v) is 26.0. The van der Waals surface area contributed by atoms with Crippen LogP contribution in [0.25, 0.3) is 5.76 Å². The Morgan fingerprint density at radius 1 is 0.609 bits per heavy atom. The van der Waals surface area contributed by atoms with Crippen molar-refractivity contribution in [2.75, 3.05) is 0 Å². The Kier molecular flexibility index (Phi) is 9.99. The van der Waals surface area contributed by atoms with Crippen LogP contribution < -0.4 is 0 Å². The number of Topliss-reactive ketones (excluding diaryl/α,β-unsaturated/α-hetero) is 3. The number of ketones is 3. The van der Waals surface area contributed by atoms with Crippen LogP contribution in [0.1, 0.15) is 63.3 Å². The Bertz CT molecular complexity index is 1820. The Morgan fingerprint density at radius 3 is 1.52 bits per heavy atom. The van der Waals surface area contributed by atoms with Crippen molar-refractivity contribution in [3.63, 3.8) is 0 Å². The van der Waals surface area contributed by atoms with Crippen LogP contribution in [0, 0.1) is 5.41 Å². The summed E-state index contributed by atoms with van der Waals surface area (Å²) in [6.07, 6.45) is 10.5. The van der Waals surface area contributed by atoms with Crippen LogP contribution >= 0.6 is 0 Å². The normalized spacial score (nSPS) is 15.5. The van der Waals surface area contributed by atoms with Gasteiger partial charge in [-0.15, -0.1) is 0 Å². The fourth-order valence-corrected chi connectivity index (χ4v) is 5.61. The molecule has 5 rings (SSSR count). The molecule has 0 saturated carbocycles. The van der Waals surface area contributed by atoms with E-state index in [0.29, 0.717) is 22.3 Å². The highest BCUT2D eigenvalue weighted by atomic mass is 16.3. The zero-order valence-electron chi connectivity index (χ0n) is 26.0. The average molecular weight is 605 g/mol. The monoisotopic (exact) mass is 604 g/mol. The molecule has 1 aliphatic carbocycles. The maximum absolute atomic E-state index is 13.6. The summed E-state index contributed by atoms with van der Waals surface area (Å²) >= 11 is 0. The molecule has 0 radical (unpaired) electrons. The van der Waals surface area contributed by atoms with E-state index in [1.807, 2.05) is 54.6 Å². The van der Waals surface area contributed by atoms with Gasteiger partial charge in [-0.2, -0.15) is 0 Å². The maximum Gasteiger partial charge on any atom is 0.196 e. The van der Waals surface area contributed by atoms with Gasteiger partial charge in [0.25, 0.3) is 0 Å². The predicted octanol–water partition coefficient (Wildman–Crippen LogP) is 9.76. The van der Waals surface area contributed by atoms with Gasteiger partial charge in [-0.05, 0) is 41.6 Å². The van der Waals surface area contributed by atoms with Crippen LogP contribution in [0.5, 0.6) is 0 Å². The summed E-state index contributed by atoms with van der Waals surface area (Å²) < 4.78 is 0. The number of hydrogen-bond donors (Lipinski definition) is 1. The molecule has 0 bridgehead atoms. The lowest BCUT2D eigenvalue weighted by Crippen LogP contribution is -2.17. The summed E-state index contributed by atoms with van der Waals surface area (Å²) in [5.74, 6) is -1.05. The van der Waals surface area contributed by atoms with Gasteiger partial charge in [-0.3, -0.25) is 14.4 Å². The number of aliphatic hydroxyl groups excluding tert-OH is 1. The lowest BCUT2D eigenvalue weighted by Gasteiger charge is -2.30. The number of rotatable bonds is 10. The van der Waals surface area contributed by atoms with Gasteiger partial charge in [-0.25, -0.2) is 0 Å². The van der Waals surface area contributed by atoms with Crippen molar-refractivity contribution in [3.05, 3.63) is 196 Å². The van der Waals surface area contributed by atoms with Gasteiger partial charge in [0, 0.05) is 22.3 Å². The van der Waals surface area contributed by atoms with E-state index in [0.717, 1.165) is 24.0 Å². The zero-order chi connectivity index (χ0) is 32.5. The highest BCUT2D eigenvalue weighted by molar-refractivity contribution is 6.31. The third-order valence-electron chi connectivity index (χ3n) is 7.81. The Balaban J connectivity index is 1.54. The second kappa shape index (κ2) is 14.4. The Labute approximate surface area is 270 Å². The molecule has 0 saturated heterocycles. The van der Waals surface area contributed by atoms with E-state index in [1.165, 1.54) is 0 Å². The van der Waals surface area contributed by atoms with Crippen LogP contribution in [0.3, 0.4) is 0 Å². The van der Waals surface area contributed by atoms with E-state index in [2.05, 4.69) is 13.8 Å². The molecule has 0 fully saturated rings. The van der Waals surface area contributed by atoms with Crippen LogP contribution in [-0.2, 0) is 0 Å². The first-order valence-electron chi connectivity index (χ1n) is 15.3. The van der Waals surface area contributed by atoms with Crippen LogP contribution in [0.2, 0.25) is 0 Å². The summed E-state index contributed by atoms with van der Waals surface area (Å²) in [4.78, 5) is 40.7. The smallest absolute Gasteiger partial charge is 0.196 e. The number of carbonyl (C=O) groups is 3. The van der Waals surface area contributed by atoms with Crippen molar-refractivity contribution in [2.24, 2.45) is 5.41 Å². The van der Waals surface area contributed by atoms with Crippen molar-refractivity contribution in [3.8, 4) is 0 Å². The van der Waals surface area contributed by atoms with Gasteiger partial charge in [-0.1, -0.05) is 153 Å². The van der Waals surface area contributed by atoms with Crippen LogP contribution in [0.15, 0.2) is 174 Å². The summed E-state index contributed by atoms with van der Waals surface area (Å²) in [6, 6.07) is 35.5. The summed E-state index contributed by atoms with van der Waals surface area (Å²) in [5.41, 5.74) is 3.97. The summed E-state index contributed by atoms with van der Waals surface area (Å²) in [7, 11) is 0. The fraction of sp³-hybridized carbons (Fsp3) is 0.119. The quantitative estimate of drug-likeness (QED) is 0.0488. The molecule has 4 heteroatoms. The summed E-state index contributed by atoms with van der Waals surface area (Å²) in [6.45, 7) is 4.31. The van der Waals surface area contributed by atoms with Crippen molar-refractivity contribution < 1.29 is 19.5 Å². The standard InChI is InChI=1S/C42H36O4/c1-42(2)28-30(23-25-36(38(43)32-15-7-3-8-16-32)39(44)33-17-9-4-10-18-33)27-31(29-42)24-26-37(40(45)34-19-11-5-12-20-34)41(46)35-21-13-6-14-22-35/h3-27,43H,28-29H2,1-2H3/b25-23+,31-24-,38-36+. The van der Waals surface area contributed by atoms with Crippen LogP contribution in [-0.4, -0.2) is 22.5 Å². The number of aliphatic hydroxyl groups is 1. The van der Waals surface area contributed by atoms with Crippen molar-refractivity contribution in [1.82, 2.24) is 0 Å². The van der Waals surface area contributed by atoms with E-state index in [4.69, 9.17) is 0 Å². The predicted molar refractivity (Wildman–Crippen MR) is 185 cm³/mol. The molecular weight excluding hydrogens is 568 g/mol. The summed E-state index contributed by atoms with van der Waals surface area (Å²) in [5, 5.41) is 11.2. The molecular formula is C42H36O4. The van der Waals surface area contributed by atoms with Crippen molar-refractivity contribution >= 4 is 23.1 Å². The minimum Gasteiger partial charge on any atom is -0.507 e. The van der Waals surface area contributed by atoms with E-state index in [1.54, 1.807) is 97.1 Å². The molecule has 1 N–H and O–H groups in total. The molecule has 0 aromatic heterocycles. The lowest BCUT2D eigenvalue weighted by molar-refractivity contribution is 0.0961. The number of hydrogen-bond acceptors (Lipinski definition) is 4. The first-order valence-corrected chi connectivity index (χ1v) is 15.3. The Morgan fingerprint density at radius 2 is 1.04 bits per heavy atom. The molecule has 4 nitrogen and oxygen atoms in total.